The van der Waals surface area contributed by atoms with Gasteiger partial charge in [-0.3, -0.25) is 9.59 Å². The Morgan fingerprint density at radius 2 is 1.82 bits per heavy atom. The molecule has 0 spiro atoms. The summed E-state index contributed by atoms with van der Waals surface area (Å²) < 4.78 is 0. The minimum absolute atomic E-state index is 0.0307. The van der Waals surface area contributed by atoms with Gasteiger partial charge in [0.2, 0.25) is 0 Å². The van der Waals surface area contributed by atoms with Crippen molar-refractivity contribution in [2.24, 2.45) is 0 Å². The number of aromatic nitrogens is 1. The molecule has 112 valence electrons. The highest BCUT2D eigenvalue weighted by atomic mass is 16.1. The van der Waals surface area contributed by atoms with E-state index in [0.717, 1.165) is 11.4 Å². The van der Waals surface area contributed by atoms with Crippen molar-refractivity contribution in [1.29, 1.82) is 0 Å². The van der Waals surface area contributed by atoms with Gasteiger partial charge in [-0.2, -0.15) is 0 Å². The van der Waals surface area contributed by atoms with Crippen molar-refractivity contribution in [3.8, 4) is 0 Å². The molecule has 2 rings (SSSR count). The summed E-state index contributed by atoms with van der Waals surface area (Å²) >= 11 is 0. The van der Waals surface area contributed by atoms with Crippen LogP contribution in [0.2, 0.25) is 0 Å². The number of rotatable bonds is 6. The smallest absolute Gasteiger partial charge is 0.270 e. The number of carbonyl (C=O) groups is 2. The molecule has 0 atom stereocenters. The van der Waals surface area contributed by atoms with E-state index < -0.39 is 0 Å². The number of hydrogen-bond donors (Lipinski definition) is 2. The summed E-state index contributed by atoms with van der Waals surface area (Å²) in [6.45, 7) is 5.47. The van der Waals surface area contributed by atoms with Gasteiger partial charge in [0, 0.05) is 17.8 Å². The lowest BCUT2D eigenvalue weighted by molar-refractivity contribution is 0.0952. The summed E-state index contributed by atoms with van der Waals surface area (Å²) in [6, 6.07) is 10.6. The molecular weight excluding hydrogens is 278 g/mol. The van der Waals surface area contributed by atoms with Crippen molar-refractivity contribution in [3.63, 3.8) is 0 Å². The van der Waals surface area contributed by atoms with Crippen molar-refractivity contribution in [1.82, 2.24) is 10.3 Å². The lowest BCUT2D eigenvalue weighted by Gasteiger charge is -2.07. The van der Waals surface area contributed by atoms with E-state index in [1.807, 2.05) is 12.1 Å². The first-order valence-electron chi connectivity index (χ1n) is 6.83. The topological polar surface area (TPSA) is 71.1 Å². The van der Waals surface area contributed by atoms with Crippen LogP contribution in [0.15, 0.2) is 55.3 Å². The Morgan fingerprint density at radius 1 is 1.14 bits per heavy atom. The molecule has 2 N–H and O–H groups in total. The number of benzene rings is 1. The Balaban J connectivity index is 2.03. The first kappa shape index (κ1) is 15.4. The fourth-order valence-electron chi connectivity index (χ4n) is 1.81. The number of anilines is 2. The number of pyridine rings is 1. The van der Waals surface area contributed by atoms with Crippen LogP contribution in [0.3, 0.4) is 0 Å². The second kappa shape index (κ2) is 7.17. The maximum absolute atomic E-state index is 11.7. The zero-order valence-corrected chi connectivity index (χ0v) is 12.3. The molecule has 0 unspecified atom stereocenters. The van der Waals surface area contributed by atoms with Gasteiger partial charge >= 0.3 is 0 Å². The van der Waals surface area contributed by atoms with E-state index >= 15 is 0 Å². The standard InChI is InChI=1S/C17H17N3O2/c1-3-10-18-17(22)16-9-8-15(11-19-16)20-14-6-4-13(5-7-14)12(2)21/h3-9,11,20H,1,10H2,2H3,(H,18,22). The van der Waals surface area contributed by atoms with Gasteiger partial charge in [0.05, 0.1) is 11.9 Å². The molecule has 0 aliphatic carbocycles. The molecule has 0 fully saturated rings. The van der Waals surface area contributed by atoms with E-state index in [1.54, 1.807) is 36.5 Å². The van der Waals surface area contributed by atoms with Gasteiger partial charge in [0.1, 0.15) is 5.69 Å². The van der Waals surface area contributed by atoms with E-state index in [0.29, 0.717) is 17.8 Å². The number of hydrogen-bond acceptors (Lipinski definition) is 4. The van der Waals surface area contributed by atoms with Crippen molar-refractivity contribution in [3.05, 3.63) is 66.5 Å². The molecular formula is C17H17N3O2. The SMILES string of the molecule is C=CCNC(=O)c1ccc(Nc2ccc(C(C)=O)cc2)cn1. The number of nitrogens with zero attached hydrogens (tertiary/aromatic N) is 1. The fourth-order valence-corrected chi connectivity index (χ4v) is 1.81. The van der Waals surface area contributed by atoms with E-state index in [9.17, 15) is 9.59 Å². The first-order valence-corrected chi connectivity index (χ1v) is 6.83. The van der Waals surface area contributed by atoms with Gasteiger partial charge < -0.3 is 10.6 Å². The van der Waals surface area contributed by atoms with Crippen molar-refractivity contribution < 1.29 is 9.59 Å². The quantitative estimate of drug-likeness (QED) is 0.635. The Hall–Kier alpha value is -2.95. The molecule has 1 heterocycles. The lowest BCUT2D eigenvalue weighted by Crippen LogP contribution is -2.24. The Morgan fingerprint density at radius 3 is 2.36 bits per heavy atom. The highest BCUT2D eigenvalue weighted by molar-refractivity contribution is 5.94. The van der Waals surface area contributed by atoms with Crippen LogP contribution in [-0.4, -0.2) is 23.2 Å². The van der Waals surface area contributed by atoms with E-state index in [-0.39, 0.29) is 11.7 Å². The molecule has 0 saturated carbocycles. The van der Waals surface area contributed by atoms with Crippen molar-refractivity contribution >= 4 is 23.1 Å². The maximum atomic E-state index is 11.7. The third kappa shape index (κ3) is 4.02. The normalized spacial score (nSPS) is 9.86. The van der Waals surface area contributed by atoms with Gasteiger partial charge in [-0.05, 0) is 43.3 Å². The molecule has 0 radical (unpaired) electrons. The van der Waals surface area contributed by atoms with Crippen LogP contribution in [0.5, 0.6) is 0 Å². The second-order valence-electron chi connectivity index (χ2n) is 4.69. The number of carbonyl (C=O) groups excluding carboxylic acids is 2. The Kier molecular flexibility index (Phi) is 5.03. The molecule has 0 aliphatic heterocycles. The summed E-state index contributed by atoms with van der Waals surface area (Å²) in [5.41, 5.74) is 2.61. The number of amides is 1. The number of ketones is 1. The summed E-state index contributed by atoms with van der Waals surface area (Å²) in [6.07, 6.45) is 3.19. The molecule has 1 amide bonds. The van der Waals surface area contributed by atoms with E-state index in [1.165, 1.54) is 6.92 Å². The highest BCUT2D eigenvalue weighted by Crippen LogP contribution is 2.16. The summed E-state index contributed by atoms with van der Waals surface area (Å²) in [5, 5.41) is 5.82. The lowest BCUT2D eigenvalue weighted by atomic mass is 10.1. The second-order valence-corrected chi connectivity index (χ2v) is 4.69. The minimum Gasteiger partial charge on any atom is -0.354 e. The molecule has 0 bridgehead atoms. The average molecular weight is 295 g/mol. The fraction of sp³-hybridized carbons (Fsp3) is 0.118. The molecule has 22 heavy (non-hydrogen) atoms. The molecule has 0 saturated heterocycles. The van der Waals surface area contributed by atoms with Gasteiger partial charge in [-0.1, -0.05) is 6.08 Å². The van der Waals surface area contributed by atoms with Crippen LogP contribution in [0, 0.1) is 0 Å². The van der Waals surface area contributed by atoms with E-state index in [4.69, 9.17) is 0 Å². The van der Waals surface area contributed by atoms with Crippen LogP contribution in [0.25, 0.3) is 0 Å². The molecule has 5 nitrogen and oxygen atoms in total. The van der Waals surface area contributed by atoms with Crippen molar-refractivity contribution in [2.75, 3.05) is 11.9 Å². The van der Waals surface area contributed by atoms with Crippen LogP contribution in [-0.2, 0) is 0 Å². The van der Waals surface area contributed by atoms with Crippen molar-refractivity contribution in [2.45, 2.75) is 6.92 Å². The molecule has 1 aromatic heterocycles. The van der Waals surface area contributed by atoms with Crippen LogP contribution in [0.4, 0.5) is 11.4 Å². The average Bonchev–Trinajstić information content (AvgIpc) is 2.54. The van der Waals surface area contributed by atoms with Gasteiger partial charge in [0.15, 0.2) is 5.78 Å². The van der Waals surface area contributed by atoms with Crippen LogP contribution >= 0.6 is 0 Å². The number of nitrogens with one attached hydrogen (secondary N) is 2. The Labute approximate surface area is 129 Å². The van der Waals surface area contributed by atoms with E-state index in [2.05, 4.69) is 22.2 Å². The predicted octanol–water partition coefficient (Wildman–Crippen LogP) is 2.94. The maximum Gasteiger partial charge on any atom is 0.270 e. The minimum atomic E-state index is -0.239. The molecule has 5 heteroatoms. The molecule has 2 aromatic rings. The largest absolute Gasteiger partial charge is 0.354 e. The summed E-state index contributed by atoms with van der Waals surface area (Å²) in [5.74, 6) is -0.208. The third-order valence-electron chi connectivity index (χ3n) is 2.98. The molecule has 0 aliphatic rings. The highest BCUT2D eigenvalue weighted by Gasteiger charge is 2.05. The number of Topliss-reactive ketones (excluding diaryl/α,β-unsaturated/α-hetero) is 1. The van der Waals surface area contributed by atoms with Gasteiger partial charge in [-0.15, -0.1) is 6.58 Å². The zero-order chi connectivity index (χ0) is 15.9. The summed E-state index contributed by atoms with van der Waals surface area (Å²) in [4.78, 5) is 27.0. The molecule has 1 aromatic carbocycles. The third-order valence-corrected chi connectivity index (χ3v) is 2.98. The zero-order valence-electron chi connectivity index (χ0n) is 12.3. The summed E-state index contributed by atoms with van der Waals surface area (Å²) in [7, 11) is 0. The monoisotopic (exact) mass is 295 g/mol. The van der Waals surface area contributed by atoms with Crippen LogP contribution < -0.4 is 10.6 Å². The van der Waals surface area contributed by atoms with Crippen LogP contribution in [0.1, 0.15) is 27.8 Å². The predicted molar refractivity (Wildman–Crippen MR) is 86.5 cm³/mol. The van der Waals surface area contributed by atoms with Gasteiger partial charge in [0.25, 0.3) is 5.91 Å². The van der Waals surface area contributed by atoms with Gasteiger partial charge in [-0.25, -0.2) is 4.98 Å². The Bertz CT molecular complexity index is 676. The first-order chi connectivity index (χ1) is 10.6.